The van der Waals surface area contributed by atoms with Crippen LogP contribution < -0.4 is 0 Å². The second kappa shape index (κ2) is 7.90. The van der Waals surface area contributed by atoms with E-state index in [0.29, 0.717) is 11.5 Å². The van der Waals surface area contributed by atoms with E-state index in [-0.39, 0.29) is 33.3 Å². The van der Waals surface area contributed by atoms with Gasteiger partial charge in [0.1, 0.15) is 16.9 Å². The van der Waals surface area contributed by atoms with Crippen LogP contribution in [0, 0.1) is 0 Å². The molecule has 1 aromatic carbocycles. The van der Waals surface area contributed by atoms with Crippen molar-refractivity contribution in [2.45, 2.75) is 43.4 Å². The van der Waals surface area contributed by atoms with Crippen LogP contribution in [-0.2, 0) is 22.8 Å². The second-order valence-corrected chi connectivity index (χ2v) is 10.9. The summed E-state index contributed by atoms with van der Waals surface area (Å²) in [7, 11) is -2.05. The topological polar surface area (TPSA) is 90.6 Å². The van der Waals surface area contributed by atoms with E-state index in [1.807, 2.05) is 12.1 Å². The molecule has 0 spiro atoms. The number of imidazole rings is 1. The van der Waals surface area contributed by atoms with Crippen LogP contribution in [0.15, 0.2) is 47.5 Å². The highest BCUT2D eigenvalue weighted by Crippen LogP contribution is 2.40. The molecule has 3 aromatic heterocycles. The van der Waals surface area contributed by atoms with E-state index in [0.717, 1.165) is 18.6 Å². The van der Waals surface area contributed by atoms with Gasteiger partial charge < -0.3 is 4.57 Å². The molecule has 0 radical (unpaired) electrons. The molecule has 0 unspecified atom stereocenters. The number of sulfone groups is 1. The monoisotopic (exact) mass is 483 g/mol. The average Bonchev–Trinajstić information content (AvgIpc) is 3.62. The van der Waals surface area contributed by atoms with Crippen molar-refractivity contribution in [2.24, 2.45) is 7.05 Å². The number of benzene rings is 1. The molecule has 1 aliphatic rings. The van der Waals surface area contributed by atoms with Gasteiger partial charge in [-0.15, -0.1) is 10.2 Å². The van der Waals surface area contributed by atoms with Gasteiger partial charge in [0.15, 0.2) is 21.3 Å². The van der Waals surface area contributed by atoms with Crippen LogP contribution in [0.5, 0.6) is 0 Å². The zero-order valence-corrected chi connectivity index (χ0v) is 19.8. The quantitative estimate of drug-likeness (QED) is 0.388. The van der Waals surface area contributed by atoms with Crippen molar-refractivity contribution < 1.29 is 17.2 Å². The smallest absolute Gasteiger partial charge is 0.288 e. The Kier molecular flexibility index (Phi) is 5.23. The van der Waals surface area contributed by atoms with E-state index in [4.69, 9.17) is 0 Å². The van der Waals surface area contributed by atoms with Crippen LogP contribution in [0.2, 0.25) is 0 Å². The normalized spacial score (nSPS) is 14.6. The zero-order valence-electron chi connectivity index (χ0n) is 19.0. The van der Waals surface area contributed by atoms with Gasteiger partial charge in [-0.25, -0.2) is 13.4 Å². The van der Waals surface area contributed by atoms with Crippen molar-refractivity contribution in [1.29, 1.82) is 0 Å². The first-order valence-electron chi connectivity index (χ1n) is 11.0. The minimum Gasteiger partial charge on any atom is -0.309 e. The Morgan fingerprint density at radius 1 is 1.09 bits per heavy atom. The summed E-state index contributed by atoms with van der Waals surface area (Å²) in [4.78, 5) is 8.92. The Labute approximate surface area is 195 Å². The molecule has 10 heteroatoms. The molecular formula is C24H23F2N5O2S. The van der Waals surface area contributed by atoms with Crippen LogP contribution in [0.25, 0.3) is 33.8 Å². The number of hydrogen-bond acceptors (Lipinski definition) is 6. The summed E-state index contributed by atoms with van der Waals surface area (Å²) < 4.78 is 55.0. The van der Waals surface area contributed by atoms with E-state index in [2.05, 4.69) is 32.3 Å². The van der Waals surface area contributed by atoms with Crippen LogP contribution in [0.4, 0.5) is 8.78 Å². The highest BCUT2D eigenvalue weighted by Gasteiger charge is 2.29. The minimum atomic E-state index is -3.68. The Hall–Kier alpha value is -3.27. The lowest BCUT2D eigenvalue weighted by Gasteiger charge is -2.11. The van der Waals surface area contributed by atoms with Crippen LogP contribution in [-0.4, -0.2) is 38.9 Å². The number of nitrogens with zero attached hydrogens (tertiary/aromatic N) is 5. The lowest BCUT2D eigenvalue weighted by atomic mass is 10.0. The molecule has 1 fully saturated rings. The van der Waals surface area contributed by atoms with Crippen molar-refractivity contribution in [3.8, 4) is 22.6 Å². The molecule has 1 aliphatic carbocycles. The first kappa shape index (κ1) is 22.5. The van der Waals surface area contributed by atoms with Crippen molar-refractivity contribution in [2.75, 3.05) is 5.75 Å². The standard InChI is InChI=1S/C24H23F2N5O2S/c1-4-34(32,33)19-11-17(16-9-7-15(8-10-16)14-5-6-14)13-27-21(19)23-28-18-12-20(24(2,25)26)29-30-22(18)31(23)3/h7-14H,4-6H2,1-3H3. The van der Waals surface area contributed by atoms with Gasteiger partial charge in [0.05, 0.1) is 10.6 Å². The summed E-state index contributed by atoms with van der Waals surface area (Å²) in [5, 5.41) is 7.50. The van der Waals surface area contributed by atoms with Crippen LogP contribution in [0.3, 0.4) is 0 Å². The van der Waals surface area contributed by atoms with E-state index in [1.54, 1.807) is 26.2 Å². The fourth-order valence-corrected chi connectivity index (χ4v) is 5.00. The molecule has 1 saturated carbocycles. The molecule has 176 valence electrons. The van der Waals surface area contributed by atoms with Gasteiger partial charge in [-0.3, -0.25) is 4.98 Å². The van der Waals surface area contributed by atoms with Crippen LogP contribution >= 0.6 is 0 Å². The maximum absolute atomic E-state index is 13.7. The summed E-state index contributed by atoms with van der Waals surface area (Å²) in [5.74, 6) is -2.46. The molecule has 4 aromatic rings. The second-order valence-electron chi connectivity index (χ2n) is 8.69. The van der Waals surface area contributed by atoms with Crippen molar-refractivity contribution in [3.63, 3.8) is 0 Å². The fraction of sp³-hybridized carbons (Fsp3) is 0.333. The van der Waals surface area contributed by atoms with Gasteiger partial charge in [-0.05, 0) is 42.0 Å². The Morgan fingerprint density at radius 2 is 1.79 bits per heavy atom. The largest absolute Gasteiger partial charge is 0.309 e. The Morgan fingerprint density at radius 3 is 2.41 bits per heavy atom. The maximum Gasteiger partial charge on any atom is 0.288 e. The predicted octanol–water partition coefficient (Wildman–Crippen LogP) is 4.88. The van der Waals surface area contributed by atoms with Crippen molar-refractivity contribution >= 4 is 21.0 Å². The highest BCUT2D eigenvalue weighted by atomic mass is 32.2. The molecule has 3 heterocycles. The molecule has 0 atom stereocenters. The van der Waals surface area contributed by atoms with Gasteiger partial charge in [0.2, 0.25) is 0 Å². The molecule has 0 bridgehead atoms. The van der Waals surface area contributed by atoms with E-state index < -0.39 is 21.5 Å². The maximum atomic E-state index is 13.7. The summed E-state index contributed by atoms with van der Waals surface area (Å²) >= 11 is 0. The van der Waals surface area contributed by atoms with Gasteiger partial charge in [0, 0.05) is 25.7 Å². The molecular weight excluding hydrogens is 460 g/mol. The number of hydrogen-bond donors (Lipinski definition) is 0. The molecule has 0 aliphatic heterocycles. The number of pyridine rings is 1. The summed E-state index contributed by atoms with van der Waals surface area (Å²) in [6.07, 6.45) is 4.01. The van der Waals surface area contributed by atoms with E-state index >= 15 is 0 Å². The summed E-state index contributed by atoms with van der Waals surface area (Å²) in [6, 6.07) is 10.9. The molecule has 5 rings (SSSR count). The third kappa shape index (κ3) is 3.96. The SMILES string of the molecule is CCS(=O)(=O)c1cc(-c2ccc(C3CC3)cc2)cnc1-c1nc2cc(C(C)(F)F)nnc2n1C. The first-order chi connectivity index (χ1) is 16.1. The number of alkyl halides is 2. The molecule has 34 heavy (non-hydrogen) atoms. The Bertz CT molecular complexity index is 1510. The highest BCUT2D eigenvalue weighted by molar-refractivity contribution is 7.91. The number of rotatable bonds is 6. The van der Waals surface area contributed by atoms with Crippen molar-refractivity contribution in [1.82, 2.24) is 24.7 Å². The number of aromatic nitrogens is 5. The predicted molar refractivity (Wildman–Crippen MR) is 124 cm³/mol. The molecule has 7 nitrogen and oxygen atoms in total. The Balaban J connectivity index is 1.65. The third-order valence-electron chi connectivity index (χ3n) is 6.14. The van der Waals surface area contributed by atoms with Crippen LogP contribution in [0.1, 0.15) is 43.9 Å². The number of aryl methyl sites for hydroxylation is 1. The fourth-order valence-electron chi connectivity index (χ4n) is 3.94. The average molecular weight is 484 g/mol. The first-order valence-corrected chi connectivity index (χ1v) is 12.7. The molecule has 0 saturated heterocycles. The van der Waals surface area contributed by atoms with Gasteiger partial charge in [0.25, 0.3) is 5.92 Å². The van der Waals surface area contributed by atoms with Crippen molar-refractivity contribution in [3.05, 3.63) is 53.9 Å². The summed E-state index contributed by atoms with van der Waals surface area (Å²) in [5.41, 5.74) is 2.89. The minimum absolute atomic E-state index is 0.0335. The molecule has 0 N–H and O–H groups in total. The van der Waals surface area contributed by atoms with Gasteiger partial charge >= 0.3 is 0 Å². The van der Waals surface area contributed by atoms with Gasteiger partial charge in [-0.2, -0.15) is 8.78 Å². The van der Waals surface area contributed by atoms with E-state index in [1.165, 1.54) is 23.0 Å². The lowest BCUT2D eigenvalue weighted by molar-refractivity contribution is 0.0120. The third-order valence-corrected chi connectivity index (χ3v) is 7.88. The number of fused-ring (bicyclic) bond motifs is 1. The number of halogens is 2. The lowest BCUT2D eigenvalue weighted by Crippen LogP contribution is -2.11. The molecule has 0 amide bonds. The van der Waals surface area contributed by atoms with Gasteiger partial charge in [-0.1, -0.05) is 31.2 Å². The summed E-state index contributed by atoms with van der Waals surface area (Å²) in [6.45, 7) is 2.29. The zero-order chi connectivity index (χ0) is 24.3. The van der Waals surface area contributed by atoms with E-state index in [9.17, 15) is 17.2 Å².